The van der Waals surface area contributed by atoms with Crippen LogP contribution in [-0.4, -0.2) is 23.6 Å². The summed E-state index contributed by atoms with van der Waals surface area (Å²) in [6, 6.07) is 6.71. The van der Waals surface area contributed by atoms with Gasteiger partial charge in [-0.05, 0) is 18.9 Å². The van der Waals surface area contributed by atoms with Gasteiger partial charge in [0, 0.05) is 17.0 Å². The molecule has 0 amide bonds. The molecule has 1 fully saturated rings. The summed E-state index contributed by atoms with van der Waals surface area (Å²) in [7, 11) is 0. The van der Waals surface area contributed by atoms with E-state index in [1.165, 1.54) is 6.07 Å². The van der Waals surface area contributed by atoms with Crippen LogP contribution in [0.25, 0.3) is 0 Å². The second-order valence-electron chi connectivity index (χ2n) is 4.53. The van der Waals surface area contributed by atoms with Gasteiger partial charge in [0.15, 0.2) is 0 Å². The van der Waals surface area contributed by atoms with Crippen molar-refractivity contribution in [3.05, 3.63) is 35.6 Å². The lowest BCUT2D eigenvalue weighted by Gasteiger charge is -2.40. The molecule has 1 aliphatic carbocycles. The summed E-state index contributed by atoms with van der Waals surface area (Å²) in [6.45, 7) is 3.13. The average Bonchev–Trinajstić information content (AvgIpc) is 2.36. The predicted molar refractivity (Wildman–Crippen MR) is 72.3 cm³/mol. The van der Waals surface area contributed by atoms with Crippen molar-refractivity contribution in [2.24, 2.45) is 0 Å². The highest BCUT2D eigenvalue weighted by Gasteiger charge is 2.41. The molecule has 0 saturated heterocycles. The zero-order chi connectivity index (χ0) is 13.0. The average molecular weight is 317 g/mol. The Bertz CT molecular complexity index is 386. The molecule has 18 heavy (non-hydrogen) atoms. The van der Waals surface area contributed by atoms with Crippen molar-refractivity contribution in [2.45, 2.75) is 43.4 Å². The Morgan fingerprint density at radius 2 is 2.11 bits per heavy atom. The molecule has 1 aromatic rings. The molecular weight excluding hydrogens is 299 g/mol. The Kier molecular flexibility index (Phi) is 5.15. The van der Waals surface area contributed by atoms with Crippen LogP contribution in [0, 0.1) is 5.82 Å². The highest BCUT2D eigenvalue weighted by molar-refractivity contribution is 9.09. The van der Waals surface area contributed by atoms with Crippen molar-refractivity contribution in [1.29, 1.82) is 0 Å². The molecule has 3 atom stereocenters. The summed E-state index contributed by atoms with van der Waals surface area (Å²) in [4.78, 5) is 0.356. The van der Waals surface area contributed by atoms with E-state index in [4.69, 9.17) is 9.47 Å². The van der Waals surface area contributed by atoms with Crippen LogP contribution in [0.2, 0.25) is 0 Å². The first-order valence-electron chi connectivity index (χ1n) is 6.33. The molecular formula is C14H18BrFO2. The van der Waals surface area contributed by atoms with Gasteiger partial charge in [0.2, 0.25) is 0 Å². The van der Waals surface area contributed by atoms with Crippen LogP contribution in [0.15, 0.2) is 24.3 Å². The molecule has 0 bridgehead atoms. The first kappa shape index (κ1) is 14.0. The van der Waals surface area contributed by atoms with E-state index in [0.717, 1.165) is 19.4 Å². The summed E-state index contributed by atoms with van der Waals surface area (Å²) < 4.78 is 24.9. The molecule has 1 aromatic carbocycles. The van der Waals surface area contributed by atoms with Gasteiger partial charge in [0.1, 0.15) is 5.82 Å². The molecule has 0 heterocycles. The summed E-state index contributed by atoms with van der Waals surface area (Å²) in [5.41, 5.74) is 0.602. The predicted octanol–water partition coefficient (Wildman–Crippen LogP) is 3.67. The lowest BCUT2D eigenvalue weighted by Crippen LogP contribution is -2.50. The molecule has 1 aliphatic rings. The van der Waals surface area contributed by atoms with Crippen molar-refractivity contribution in [3.8, 4) is 0 Å². The van der Waals surface area contributed by atoms with E-state index >= 15 is 0 Å². The van der Waals surface area contributed by atoms with Crippen LogP contribution < -0.4 is 0 Å². The van der Waals surface area contributed by atoms with E-state index in [2.05, 4.69) is 22.9 Å². The maximum atomic E-state index is 13.4. The van der Waals surface area contributed by atoms with Crippen LogP contribution in [0.1, 0.15) is 25.3 Å². The van der Waals surface area contributed by atoms with Crippen molar-refractivity contribution in [3.63, 3.8) is 0 Å². The lowest BCUT2D eigenvalue weighted by atomic mass is 9.91. The van der Waals surface area contributed by atoms with Crippen LogP contribution in [0.3, 0.4) is 0 Å². The minimum absolute atomic E-state index is 0.0699. The topological polar surface area (TPSA) is 18.5 Å². The van der Waals surface area contributed by atoms with Crippen molar-refractivity contribution >= 4 is 15.9 Å². The fourth-order valence-corrected chi connectivity index (χ4v) is 2.83. The van der Waals surface area contributed by atoms with Gasteiger partial charge in [-0.25, -0.2) is 4.39 Å². The molecule has 0 aliphatic heterocycles. The van der Waals surface area contributed by atoms with Crippen LogP contribution in [0.5, 0.6) is 0 Å². The van der Waals surface area contributed by atoms with Gasteiger partial charge >= 0.3 is 0 Å². The second kappa shape index (κ2) is 6.64. The van der Waals surface area contributed by atoms with Crippen molar-refractivity contribution < 1.29 is 13.9 Å². The lowest BCUT2D eigenvalue weighted by molar-refractivity contribution is -0.127. The van der Waals surface area contributed by atoms with Gasteiger partial charge in [0.05, 0.1) is 18.8 Å². The molecule has 1 saturated carbocycles. The van der Waals surface area contributed by atoms with Crippen LogP contribution in [-0.2, 0) is 16.1 Å². The van der Waals surface area contributed by atoms with Gasteiger partial charge < -0.3 is 9.47 Å². The third-order valence-electron chi connectivity index (χ3n) is 3.11. The number of benzene rings is 1. The molecule has 2 nitrogen and oxygen atoms in total. The first-order valence-corrected chi connectivity index (χ1v) is 7.24. The summed E-state index contributed by atoms with van der Waals surface area (Å²) in [5.74, 6) is -0.210. The molecule has 0 spiro atoms. The zero-order valence-corrected chi connectivity index (χ0v) is 12.0. The van der Waals surface area contributed by atoms with Crippen molar-refractivity contribution in [2.75, 3.05) is 6.61 Å². The van der Waals surface area contributed by atoms with Gasteiger partial charge in [-0.3, -0.25) is 0 Å². The number of alkyl halides is 1. The van der Waals surface area contributed by atoms with Gasteiger partial charge in [-0.1, -0.05) is 41.1 Å². The fourth-order valence-electron chi connectivity index (χ4n) is 1.97. The van der Waals surface area contributed by atoms with Gasteiger partial charge in [-0.2, -0.15) is 0 Å². The number of rotatable bonds is 6. The summed E-state index contributed by atoms with van der Waals surface area (Å²) in [5, 5.41) is 0. The number of hydrogen-bond donors (Lipinski definition) is 0. The van der Waals surface area contributed by atoms with Crippen LogP contribution in [0.4, 0.5) is 4.39 Å². The van der Waals surface area contributed by atoms with E-state index < -0.39 is 0 Å². The molecule has 0 aromatic heterocycles. The Morgan fingerprint density at radius 1 is 1.33 bits per heavy atom. The Morgan fingerprint density at radius 3 is 2.78 bits per heavy atom. The number of hydrogen-bond acceptors (Lipinski definition) is 2. The van der Waals surface area contributed by atoms with E-state index in [0.29, 0.717) is 17.0 Å². The van der Waals surface area contributed by atoms with E-state index in [1.54, 1.807) is 12.1 Å². The van der Waals surface area contributed by atoms with Gasteiger partial charge in [-0.15, -0.1) is 0 Å². The Labute approximate surface area is 116 Å². The fraction of sp³-hybridized carbons (Fsp3) is 0.571. The van der Waals surface area contributed by atoms with Crippen LogP contribution >= 0.6 is 15.9 Å². The third kappa shape index (κ3) is 3.31. The summed E-state index contributed by atoms with van der Waals surface area (Å²) >= 11 is 3.56. The highest BCUT2D eigenvalue weighted by Crippen LogP contribution is 2.34. The largest absolute Gasteiger partial charge is 0.374 e. The quantitative estimate of drug-likeness (QED) is 0.745. The minimum Gasteiger partial charge on any atom is -0.374 e. The minimum atomic E-state index is -0.210. The van der Waals surface area contributed by atoms with Crippen molar-refractivity contribution in [1.82, 2.24) is 0 Å². The Balaban J connectivity index is 1.82. The highest BCUT2D eigenvalue weighted by atomic mass is 79.9. The Hall–Kier alpha value is -0.450. The molecule has 0 radical (unpaired) electrons. The molecule has 100 valence electrons. The molecule has 0 N–H and O–H groups in total. The zero-order valence-electron chi connectivity index (χ0n) is 10.4. The molecule has 4 heteroatoms. The smallest absolute Gasteiger partial charge is 0.128 e. The number of halogens is 2. The standard InChI is InChI=1S/C14H18BrFO2/c1-2-7-17-14-11(15)8-13(14)18-9-10-5-3-4-6-12(10)16/h3-6,11,13-14H,2,7-9H2,1H3. The SMILES string of the molecule is CCCOC1C(Br)CC1OCc1ccccc1F. The normalized spacial score (nSPS) is 26.9. The maximum absolute atomic E-state index is 13.4. The monoisotopic (exact) mass is 316 g/mol. The summed E-state index contributed by atoms with van der Waals surface area (Å²) in [6.07, 6.45) is 2.08. The van der Waals surface area contributed by atoms with E-state index in [9.17, 15) is 4.39 Å². The first-order chi connectivity index (χ1) is 8.72. The molecule has 2 rings (SSSR count). The van der Waals surface area contributed by atoms with E-state index in [-0.39, 0.29) is 18.0 Å². The third-order valence-corrected chi connectivity index (χ3v) is 4.00. The van der Waals surface area contributed by atoms with Gasteiger partial charge in [0.25, 0.3) is 0 Å². The number of ether oxygens (including phenoxy) is 2. The maximum Gasteiger partial charge on any atom is 0.128 e. The molecule has 3 unspecified atom stereocenters. The van der Waals surface area contributed by atoms with E-state index in [1.807, 2.05) is 6.07 Å². The second-order valence-corrected chi connectivity index (χ2v) is 5.70.